The number of fused-ring (bicyclic) bond motifs is 1. The number of carbonyl (C=O) groups is 1. The van der Waals surface area contributed by atoms with E-state index in [-0.39, 0.29) is 23.7 Å². The fraction of sp³-hybridized carbons (Fsp3) is 0.0500. The molecule has 0 aliphatic rings. The zero-order valence-corrected chi connectivity index (χ0v) is 13.8. The molecule has 0 spiro atoms. The first-order valence-corrected chi connectivity index (χ1v) is 8.21. The Bertz CT molecular complexity index is 1130. The molecule has 0 unspecified atom stereocenters. The molecule has 0 saturated heterocycles. The van der Waals surface area contributed by atoms with Crippen LogP contribution in [0.4, 0.5) is 0 Å². The van der Waals surface area contributed by atoms with Crippen LogP contribution in [0.15, 0.2) is 71.8 Å². The average molecular weight is 344 g/mol. The number of nitrogens with one attached hydrogen (secondary N) is 3. The summed E-state index contributed by atoms with van der Waals surface area (Å²) in [6, 6.07) is 17.5. The van der Waals surface area contributed by atoms with Crippen molar-refractivity contribution in [3.8, 4) is 11.1 Å². The van der Waals surface area contributed by atoms with E-state index in [0.29, 0.717) is 5.69 Å². The Kier molecular flexibility index (Phi) is 4.07. The van der Waals surface area contributed by atoms with Crippen LogP contribution in [0.3, 0.4) is 0 Å². The van der Waals surface area contributed by atoms with E-state index in [0.717, 1.165) is 22.0 Å². The molecule has 0 aliphatic carbocycles. The van der Waals surface area contributed by atoms with E-state index in [4.69, 9.17) is 0 Å². The summed E-state index contributed by atoms with van der Waals surface area (Å²) in [5.74, 6) is -0.287. The molecule has 6 nitrogen and oxygen atoms in total. The van der Waals surface area contributed by atoms with Gasteiger partial charge in [0.05, 0.1) is 6.54 Å². The number of nitrogens with zero attached hydrogens (tertiary/aromatic N) is 1. The minimum atomic E-state index is -0.312. The summed E-state index contributed by atoms with van der Waals surface area (Å²) in [6.07, 6.45) is 2.94. The van der Waals surface area contributed by atoms with E-state index >= 15 is 0 Å². The maximum atomic E-state index is 12.8. The highest BCUT2D eigenvalue weighted by molar-refractivity contribution is 6.09. The van der Waals surface area contributed by atoms with Crippen molar-refractivity contribution in [2.45, 2.75) is 6.54 Å². The van der Waals surface area contributed by atoms with Crippen LogP contribution >= 0.6 is 0 Å². The van der Waals surface area contributed by atoms with Crippen molar-refractivity contribution in [2.75, 3.05) is 0 Å². The molecule has 4 aromatic rings. The number of benzene rings is 2. The maximum Gasteiger partial charge on any atom is 0.271 e. The number of hydrogen-bond donors (Lipinski definition) is 3. The minimum absolute atomic E-state index is 0.0542. The van der Waals surface area contributed by atoms with E-state index < -0.39 is 0 Å². The first-order valence-electron chi connectivity index (χ1n) is 8.21. The number of amides is 1. The Hall–Kier alpha value is -3.67. The monoisotopic (exact) mass is 344 g/mol. The summed E-state index contributed by atoms with van der Waals surface area (Å²) in [5, 5.41) is 3.75. The van der Waals surface area contributed by atoms with E-state index in [1.165, 1.54) is 12.4 Å². The van der Waals surface area contributed by atoms with Crippen LogP contribution in [-0.2, 0) is 6.54 Å². The Balaban J connectivity index is 1.73. The van der Waals surface area contributed by atoms with Crippen molar-refractivity contribution >= 4 is 16.8 Å². The number of rotatable bonds is 4. The first kappa shape index (κ1) is 15.8. The molecule has 2 aromatic heterocycles. The highest BCUT2D eigenvalue weighted by Crippen LogP contribution is 2.32. The molecule has 0 atom stereocenters. The highest BCUT2D eigenvalue weighted by Gasteiger charge is 2.19. The fourth-order valence-corrected chi connectivity index (χ4v) is 2.98. The molecular formula is C20H16N4O2. The highest BCUT2D eigenvalue weighted by atomic mass is 16.2. The van der Waals surface area contributed by atoms with Crippen molar-refractivity contribution in [1.29, 1.82) is 0 Å². The van der Waals surface area contributed by atoms with Gasteiger partial charge in [0.25, 0.3) is 11.5 Å². The number of aromatic amines is 2. The average Bonchev–Trinajstić information content (AvgIpc) is 3.07. The van der Waals surface area contributed by atoms with Gasteiger partial charge in [-0.1, -0.05) is 48.5 Å². The zero-order valence-electron chi connectivity index (χ0n) is 13.8. The lowest BCUT2D eigenvalue weighted by Gasteiger charge is -2.06. The van der Waals surface area contributed by atoms with Crippen LogP contribution < -0.4 is 10.9 Å². The standard InChI is InChI=1S/C20H16N4O2/c25-19-16(21-10-11-22-19)12-23-20(26)18-17(13-6-2-1-3-7-13)14-8-4-5-9-15(14)24-18/h1-11,24H,12H2,(H,22,25)(H,23,26). The third-order valence-corrected chi connectivity index (χ3v) is 4.19. The zero-order chi connectivity index (χ0) is 17.9. The second kappa shape index (κ2) is 6.68. The third-order valence-electron chi connectivity index (χ3n) is 4.19. The van der Waals surface area contributed by atoms with Crippen LogP contribution in [-0.4, -0.2) is 20.9 Å². The number of H-pyrrole nitrogens is 2. The summed E-state index contributed by atoms with van der Waals surface area (Å²) < 4.78 is 0. The Morgan fingerprint density at radius 1 is 1.04 bits per heavy atom. The normalized spacial score (nSPS) is 10.8. The molecular weight excluding hydrogens is 328 g/mol. The molecule has 128 valence electrons. The lowest BCUT2D eigenvalue weighted by atomic mass is 10.0. The fourth-order valence-electron chi connectivity index (χ4n) is 2.98. The van der Waals surface area contributed by atoms with Gasteiger partial charge < -0.3 is 15.3 Å². The molecule has 0 fully saturated rings. The van der Waals surface area contributed by atoms with Crippen LogP contribution in [0.5, 0.6) is 0 Å². The van der Waals surface area contributed by atoms with E-state index in [2.05, 4.69) is 20.3 Å². The Morgan fingerprint density at radius 3 is 2.62 bits per heavy atom. The van der Waals surface area contributed by atoms with Gasteiger partial charge in [0.2, 0.25) is 0 Å². The van der Waals surface area contributed by atoms with Gasteiger partial charge in [-0.3, -0.25) is 14.6 Å². The predicted molar refractivity (Wildman–Crippen MR) is 99.8 cm³/mol. The predicted octanol–water partition coefficient (Wildman–Crippen LogP) is 2.85. The van der Waals surface area contributed by atoms with Gasteiger partial charge in [0, 0.05) is 28.9 Å². The summed E-state index contributed by atoms with van der Waals surface area (Å²) in [5.41, 5.74) is 3.09. The van der Waals surface area contributed by atoms with Gasteiger partial charge in [-0.25, -0.2) is 0 Å². The van der Waals surface area contributed by atoms with Gasteiger partial charge >= 0.3 is 0 Å². The van der Waals surface area contributed by atoms with Crippen LogP contribution in [0.1, 0.15) is 16.2 Å². The molecule has 4 rings (SSSR count). The van der Waals surface area contributed by atoms with Crippen molar-refractivity contribution in [2.24, 2.45) is 0 Å². The number of carbonyl (C=O) groups excluding carboxylic acids is 1. The van der Waals surface area contributed by atoms with Crippen LogP contribution in [0, 0.1) is 0 Å². The molecule has 6 heteroatoms. The van der Waals surface area contributed by atoms with Gasteiger partial charge in [-0.2, -0.15) is 0 Å². The molecule has 0 aliphatic heterocycles. The van der Waals surface area contributed by atoms with Crippen molar-refractivity contribution in [1.82, 2.24) is 20.3 Å². The second-order valence-corrected chi connectivity index (χ2v) is 5.83. The number of hydrogen-bond acceptors (Lipinski definition) is 3. The lowest BCUT2D eigenvalue weighted by Crippen LogP contribution is -2.28. The van der Waals surface area contributed by atoms with Gasteiger partial charge in [0.1, 0.15) is 11.4 Å². The summed E-state index contributed by atoms with van der Waals surface area (Å²) in [7, 11) is 0. The molecule has 0 bridgehead atoms. The molecule has 1 amide bonds. The second-order valence-electron chi connectivity index (χ2n) is 5.83. The first-order chi connectivity index (χ1) is 12.7. The van der Waals surface area contributed by atoms with Gasteiger partial charge in [0.15, 0.2) is 0 Å². The molecule has 2 heterocycles. The SMILES string of the molecule is O=C(NCc1ncc[nH]c1=O)c1[nH]c2ccccc2c1-c1ccccc1. The number of aromatic nitrogens is 3. The molecule has 0 saturated carbocycles. The van der Waals surface area contributed by atoms with Crippen LogP contribution in [0.25, 0.3) is 22.0 Å². The maximum absolute atomic E-state index is 12.8. The quantitative estimate of drug-likeness (QED) is 0.532. The topological polar surface area (TPSA) is 90.6 Å². The summed E-state index contributed by atoms with van der Waals surface area (Å²) in [6.45, 7) is 0.0542. The largest absolute Gasteiger partial charge is 0.350 e. The van der Waals surface area contributed by atoms with Crippen molar-refractivity contribution < 1.29 is 4.79 Å². The molecule has 3 N–H and O–H groups in total. The Labute approximate surface area is 148 Å². The van der Waals surface area contributed by atoms with Gasteiger partial charge in [-0.15, -0.1) is 0 Å². The summed E-state index contributed by atoms with van der Waals surface area (Å²) in [4.78, 5) is 34.3. The van der Waals surface area contributed by atoms with E-state index in [9.17, 15) is 9.59 Å². The van der Waals surface area contributed by atoms with Crippen LogP contribution in [0.2, 0.25) is 0 Å². The summed E-state index contributed by atoms with van der Waals surface area (Å²) >= 11 is 0. The lowest BCUT2D eigenvalue weighted by molar-refractivity contribution is 0.0947. The minimum Gasteiger partial charge on any atom is -0.350 e. The van der Waals surface area contributed by atoms with Crippen molar-refractivity contribution in [3.63, 3.8) is 0 Å². The number of para-hydroxylation sites is 1. The molecule has 0 radical (unpaired) electrons. The molecule has 2 aromatic carbocycles. The van der Waals surface area contributed by atoms with Crippen molar-refractivity contribution in [3.05, 3.63) is 88.7 Å². The van der Waals surface area contributed by atoms with E-state index in [1.807, 2.05) is 54.6 Å². The Morgan fingerprint density at radius 2 is 1.81 bits per heavy atom. The third kappa shape index (κ3) is 2.88. The molecule has 26 heavy (non-hydrogen) atoms. The van der Waals surface area contributed by atoms with Gasteiger partial charge in [-0.05, 0) is 11.6 Å². The van der Waals surface area contributed by atoms with E-state index in [1.54, 1.807) is 0 Å². The smallest absolute Gasteiger partial charge is 0.271 e.